The number of hydrogen-bond donors (Lipinski definition) is 2. The molecule has 0 aliphatic carbocycles. The number of rotatable bonds is 4. The van der Waals surface area contributed by atoms with Gasteiger partial charge in [0.25, 0.3) is 0 Å². The summed E-state index contributed by atoms with van der Waals surface area (Å²) in [5, 5.41) is 18.9. The van der Waals surface area contributed by atoms with E-state index in [1.165, 1.54) is 5.57 Å². The van der Waals surface area contributed by atoms with E-state index in [1.54, 1.807) is 18.2 Å². The molecule has 0 radical (unpaired) electrons. The number of aromatic hydroxyl groups is 1. The first kappa shape index (κ1) is 22.1. The van der Waals surface area contributed by atoms with Crippen molar-refractivity contribution < 1.29 is 19.7 Å². The van der Waals surface area contributed by atoms with Crippen LogP contribution >= 0.6 is 11.6 Å². The second-order valence-electron chi connectivity index (χ2n) is 8.84. The van der Waals surface area contributed by atoms with Crippen molar-refractivity contribution in [2.45, 2.75) is 51.2 Å². The molecule has 0 amide bonds. The van der Waals surface area contributed by atoms with Crippen LogP contribution < -0.4 is 0 Å². The van der Waals surface area contributed by atoms with Crippen molar-refractivity contribution >= 4 is 29.7 Å². The van der Waals surface area contributed by atoms with Gasteiger partial charge in [0.15, 0.2) is 0 Å². The number of carboxylic acid groups (broad SMARTS) is 1. The zero-order valence-corrected chi connectivity index (χ0v) is 18.4. The molecule has 0 spiro atoms. The van der Waals surface area contributed by atoms with E-state index in [4.69, 9.17) is 21.4 Å². The summed E-state index contributed by atoms with van der Waals surface area (Å²) in [5.74, 6) is -0.940. The van der Waals surface area contributed by atoms with Crippen molar-refractivity contribution in [3.05, 3.63) is 75.8 Å². The summed E-state index contributed by atoms with van der Waals surface area (Å²) in [6, 6.07) is 13.1. The van der Waals surface area contributed by atoms with Crippen LogP contribution in [-0.2, 0) is 9.53 Å². The van der Waals surface area contributed by atoms with Crippen molar-refractivity contribution in [2.75, 3.05) is 0 Å². The molecule has 4 nitrogen and oxygen atoms in total. The summed E-state index contributed by atoms with van der Waals surface area (Å²) in [7, 11) is 0. The summed E-state index contributed by atoms with van der Waals surface area (Å²) in [6.07, 6.45) is 5.62. The van der Waals surface area contributed by atoms with E-state index >= 15 is 0 Å². The molecule has 1 atom stereocenters. The Morgan fingerprint density at radius 2 is 1.73 bits per heavy atom. The number of phenolic OH excluding ortho intramolecular Hbond substituents is 1. The van der Waals surface area contributed by atoms with E-state index in [0.717, 1.165) is 29.2 Å². The second kappa shape index (κ2) is 8.29. The van der Waals surface area contributed by atoms with Gasteiger partial charge in [-0.15, -0.1) is 0 Å². The third kappa shape index (κ3) is 5.13. The molecule has 0 bridgehead atoms. The number of carbonyl (C=O) groups is 1. The summed E-state index contributed by atoms with van der Waals surface area (Å²) in [6.45, 7) is 8.32. The molecule has 5 heteroatoms. The van der Waals surface area contributed by atoms with E-state index in [1.807, 2.05) is 30.3 Å². The van der Waals surface area contributed by atoms with Gasteiger partial charge < -0.3 is 14.9 Å². The third-order valence-electron chi connectivity index (χ3n) is 5.25. The average Bonchev–Trinajstić information content (AvgIpc) is 2.62. The van der Waals surface area contributed by atoms with E-state index in [0.29, 0.717) is 5.02 Å². The molecule has 0 saturated carbocycles. The number of aliphatic carboxylic acids is 1. The highest BCUT2D eigenvalue weighted by atomic mass is 35.5. The number of phenols is 1. The zero-order valence-electron chi connectivity index (χ0n) is 17.6. The monoisotopic (exact) mass is 426 g/mol. The molecule has 1 fully saturated rings. The number of hydrogen-bond acceptors (Lipinski definition) is 3. The zero-order chi connectivity index (χ0) is 22.1. The van der Waals surface area contributed by atoms with Gasteiger partial charge in [-0.1, -0.05) is 53.6 Å². The van der Waals surface area contributed by atoms with Gasteiger partial charge in [0.05, 0.1) is 16.2 Å². The molecule has 3 rings (SSSR count). The number of halogens is 1. The van der Waals surface area contributed by atoms with Crippen molar-refractivity contribution in [3.8, 4) is 5.75 Å². The summed E-state index contributed by atoms with van der Waals surface area (Å²) < 4.78 is 6.43. The van der Waals surface area contributed by atoms with Gasteiger partial charge in [0, 0.05) is 12.0 Å². The SMILES string of the molecule is CC1(C)CC(=Cc2ccc(/C=C/C(=O)O)cc2)C(c2ccc(O)c(Cl)c2)C(C)(C)O1. The molecule has 1 unspecified atom stereocenters. The third-order valence-corrected chi connectivity index (χ3v) is 5.55. The lowest BCUT2D eigenvalue weighted by atomic mass is 9.72. The van der Waals surface area contributed by atoms with Crippen molar-refractivity contribution in [2.24, 2.45) is 0 Å². The molecule has 1 saturated heterocycles. The largest absolute Gasteiger partial charge is 0.506 e. The van der Waals surface area contributed by atoms with E-state index < -0.39 is 11.6 Å². The Morgan fingerprint density at radius 1 is 1.10 bits per heavy atom. The maximum Gasteiger partial charge on any atom is 0.328 e. The average molecular weight is 427 g/mol. The maximum atomic E-state index is 10.7. The fourth-order valence-corrected chi connectivity index (χ4v) is 4.57. The van der Waals surface area contributed by atoms with Crippen LogP contribution in [0.15, 0.2) is 54.1 Å². The molecule has 2 aromatic rings. The lowest BCUT2D eigenvalue weighted by Crippen LogP contribution is -2.47. The second-order valence-corrected chi connectivity index (χ2v) is 9.25. The molecule has 2 aromatic carbocycles. The first-order valence-corrected chi connectivity index (χ1v) is 10.2. The highest BCUT2D eigenvalue weighted by Crippen LogP contribution is 2.49. The molecule has 30 heavy (non-hydrogen) atoms. The fourth-order valence-electron chi connectivity index (χ4n) is 4.38. The van der Waals surface area contributed by atoms with Crippen LogP contribution in [0.1, 0.15) is 56.7 Å². The van der Waals surface area contributed by atoms with Gasteiger partial charge in [-0.25, -0.2) is 4.79 Å². The Balaban J connectivity index is 2.03. The van der Waals surface area contributed by atoms with Crippen molar-refractivity contribution in [1.29, 1.82) is 0 Å². The van der Waals surface area contributed by atoms with Crippen LogP contribution in [0.5, 0.6) is 5.75 Å². The summed E-state index contributed by atoms with van der Waals surface area (Å²) in [4.78, 5) is 10.7. The van der Waals surface area contributed by atoms with Gasteiger partial charge in [-0.2, -0.15) is 0 Å². The standard InChI is InChI=1S/C25H27ClO4/c1-24(2)15-19(13-17-7-5-16(6-8-17)9-12-22(28)29)23(25(3,4)30-24)18-10-11-21(27)20(26)14-18/h5-14,23,27H,15H2,1-4H3,(H,28,29)/b12-9+,19-13?. The quantitative estimate of drug-likeness (QED) is 0.564. The van der Waals surface area contributed by atoms with E-state index in [9.17, 15) is 9.90 Å². The molecule has 158 valence electrons. The minimum atomic E-state index is -0.969. The molecule has 0 aromatic heterocycles. The Morgan fingerprint density at radius 3 is 2.33 bits per heavy atom. The van der Waals surface area contributed by atoms with Gasteiger partial charge in [-0.3, -0.25) is 0 Å². The smallest absolute Gasteiger partial charge is 0.328 e. The van der Waals surface area contributed by atoms with Crippen molar-refractivity contribution in [3.63, 3.8) is 0 Å². The predicted molar refractivity (Wildman–Crippen MR) is 121 cm³/mol. The van der Waals surface area contributed by atoms with Crippen LogP contribution in [0, 0.1) is 0 Å². The van der Waals surface area contributed by atoms with Crippen LogP contribution in [0.4, 0.5) is 0 Å². The number of carboxylic acids is 1. The molecule has 1 aliphatic rings. The lowest BCUT2D eigenvalue weighted by Gasteiger charge is -2.48. The maximum absolute atomic E-state index is 10.7. The minimum absolute atomic E-state index is 0.0322. The number of benzene rings is 2. The van der Waals surface area contributed by atoms with E-state index in [2.05, 4.69) is 33.8 Å². The molecule has 2 N–H and O–H groups in total. The van der Waals surface area contributed by atoms with Crippen LogP contribution in [0.25, 0.3) is 12.2 Å². The lowest BCUT2D eigenvalue weighted by molar-refractivity contribution is -0.149. The molecular formula is C25H27ClO4. The van der Waals surface area contributed by atoms with Crippen LogP contribution in [0.2, 0.25) is 5.02 Å². The topological polar surface area (TPSA) is 66.8 Å². The van der Waals surface area contributed by atoms with Crippen molar-refractivity contribution in [1.82, 2.24) is 0 Å². The Labute approximate surface area is 182 Å². The van der Waals surface area contributed by atoms with Gasteiger partial charge in [0.1, 0.15) is 5.75 Å². The Bertz CT molecular complexity index is 1000. The van der Waals surface area contributed by atoms with Crippen LogP contribution in [0.3, 0.4) is 0 Å². The number of ether oxygens (including phenoxy) is 1. The molecule has 1 aliphatic heterocycles. The normalized spacial score (nSPS) is 21.8. The first-order chi connectivity index (χ1) is 14.0. The Kier molecular flexibility index (Phi) is 6.11. The summed E-state index contributed by atoms with van der Waals surface area (Å²) in [5.41, 5.74) is 3.27. The van der Waals surface area contributed by atoms with Crippen LogP contribution in [-0.4, -0.2) is 27.4 Å². The first-order valence-electron chi connectivity index (χ1n) is 9.87. The highest BCUT2D eigenvalue weighted by Gasteiger charge is 2.44. The van der Waals surface area contributed by atoms with E-state index in [-0.39, 0.29) is 17.3 Å². The fraction of sp³-hybridized carbons (Fsp3) is 0.320. The molecule has 1 heterocycles. The predicted octanol–water partition coefficient (Wildman–Crippen LogP) is 6.29. The highest BCUT2D eigenvalue weighted by molar-refractivity contribution is 6.32. The van der Waals surface area contributed by atoms with Gasteiger partial charge >= 0.3 is 5.97 Å². The van der Waals surface area contributed by atoms with Gasteiger partial charge in [0.2, 0.25) is 0 Å². The Hall–Kier alpha value is -2.56. The van der Waals surface area contributed by atoms with Gasteiger partial charge in [-0.05, 0) is 69.0 Å². The molecular weight excluding hydrogens is 400 g/mol. The minimum Gasteiger partial charge on any atom is -0.506 e. The summed E-state index contributed by atoms with van der Waals surface area (Å²) >= 11 is 6.20.